The second kappa shape index (κ2) is 8.84. The molecular formula is C24H27F3N2O3. The number of β-amino-alcohol motifs (C(OH)–C–C–N with tert-alkyl or cyclic N) is 1. The highest BCUT2D eigenvalue weighted by Gasteiger charge is 2.37. The lowest BCUT2D eigenvalue weighted by Crippen LogP contribution is -2.44. The van der Waals surface area contributed by atoms with Crippen LogP contribution in [0.2, 0.25) is 0 Å². The number of likely N-dealkylation sites (tertiary alicyclic amines) is 1. The molecule has 3 N–H and O–H groups in total. The maximum Gasteiger partial charge on any atom is 0.416 e. The Hall–Kier alpha value is -2.42. The first-order valence-electron chi connectivity index (χ1n) is 10.9. The highest BCUT2D eigenvalue weighted by Crippen LogP contribution is 2.37. The fourth-order valence-electron chi connectivity index (χ4n) is 4.11. The summed E-state index contributed by atoms with van der Waals surface area (Å²) in [4.78, 5) is 13.8. The van der Waals surface area contributed by atoms with Gasteiger partial charge in [-0.2, -0.15) is 13.2 Å². The first-order chi connectivity index (χ1) is 15.1. The monoisotopic (exact) mass is 448 g/mol. The summed E-state index contributed by atoms with van der Waals surface area (Å²) >= 11 is 0. The van der Waals surface area contributed by atoms with Crippen LogP contribution in [-0.4, -0.2) is 40.7 Å². The zero-order valence-electron chi connectivity index (χ0n) is 17.6. The molecule has 0 spiro atoms. The number of carbonyl (C=O) groups excluding carboxylic acids is 1. The van der Waals surface area contributed by atoms with Crippen molar-refractivity contribution in [3.8, 4) is 0 Å². The molecule has 1 aliphatic heterocycles. The number of amides is 1. The molecule has 1 atom stereocenters. The number of hydrogen-bond donors (Lipinski definition) is 3. The number of nitrogens with zero attached hydrogens (tertiary/aromatic N) is 1. The Kier molecular flexibility index (Phi) is 6.29. The van der Waals surface area contributed by atoms with E-state index >= 15 is 0 Å². The number of rotatable bonds is 6. The van der Waals surface area contributed by atoms with Gasteiger partial charge in [-0.15, -0.1) is 0 Å². The van der Waals surface area contributed by atoms with E-state index in [9.17, 15) is 28.2 Å². The van der Waals surface area contributed by atoms with Gasteiger partial charge in [-0.05, 0) is 61.1 Å². The molecule has 1 aliphatic carbocycles. The molecule has 0 aromatic heterocycles. The fraction of sp³-hybridized carbons (Fsp3) is 0.458. The van der Waals surface area contributed by atoms with E-state index in [2.05, 4.69) is 5.32 Å². The Bertz CT molecular complexity index is 950. The van der Waals surface area contributed by atoms with Gasteiger partial charge in [0.2, 0.25) is 5.91 Å². The lowest BCUT2D eigenvalue weighted by molar-refractivity contribution is -0.137. The van der Waals surface area contributed by atoms with Crippen LogP contribution in [0.1, 0.15) is 48.5 Å². The summed E-state index contributed by atoms with van der Waals surface area (Å²) in [5.41, 5.74) is -0.395. The first-order valence-corrected chi connectivity index (χ1v) is 10.9. The summed E-state index contributed by atoms with van der Waals surface area (Å²) in [5.74, 6) is 0.147. The maximum atomic E-state index is 13.0. The molecule has 2 aromatic carbocycles. The topological polar surface area (TPSA) is 72.8 Å². The summed E-state index contributed by atoms with van der Waals surface area (Å²) in [6, 6.07) is 12.0. The molecule has 4 rings (SSSR count). The largest absolute Gasteiger partial charge is 0.416 e. The molecule has 0 bridgehead atoms. The lowest BCUT2D eigenvalue weighted by atomic mass is 9.83. The second-order valence-corrected chi connectivity index (χ2v) is 8.81. The molecule has 0 radical (unpaired) electrons. The molecule has 1 amide bonds. The van der Waals surface area contributed by atoms with E-state index in [1.54, 1.807) is 24.3 Å². The smallest absolute Gasteiger partial charge is 0.387 e. The Morgan fingerprint density at radius 3 is 2.38 bits per heavy atom. The van der Waals surface area contributed by atoms with Gasteiger partial charge < -0.3 is 20.4 Å². The van der Waals surface area contributed by atoms with Crippen molar-refractivity contribution in [2.45, 2.75) is 43.6 Å². The molecule has 32 heavy (non-hydrogen) atoms. The van der Waals surface area contributed by atoms with Crippen LogP contribution in [0.25, 0.3) is 0 Å². The zero-order chi connectivity index (χ0) is 22.9. The minimum atomic E-state index is -4.45. The van der Waals surface area contributed by atoms with Crippen molar-refractivity contribution in [2.75, 3.05) is 25.0 Å². The van der Waals surface area contributed by atoms with Crippen LogP contribution < -0.4 is 5.32 Å². The first kappa shape index (κ1) is 22.8. The molecule has 1 heterocycles. The van der Waals surface area contributed by atoms with Gasteiger partial charge in [0.25, 0.3) is 0 Å². The minimum Gasteiger partial charge on any atom is -0.387 e. The second-order valence-electron chi connectivity index (χ2n) is 8.81. The molecule has 1 unspecified atom stereocenters. The number of halogens is 3. The number of hydrogen-bond acceptors (Lipinski definition) is 4. The van der Waals surface area contributed by atoms with Gasteiger partial charge in [0.05, 0.1) is 17.3 Å². The van der Waals surface area contributed by atoms with Crippen LogP contribution in [0.5, 0.6) is 0 Å². The standard InChI is InChI=1S/C24H27F3N2O3/c25-24(26,27)19-3-1-2-18(14-19)23(32)10-12-29(13-11-23)15-21(30)16-6-8-20(9-7-16)28-22(31)17-4-5-17/h1-3,6-9,14,17,21,30,32H,4-5,10-13,15H2,(H,28,31). The predicted molar refractivity (Wildman–Crippen MR) is 114 cm³/mol. The van der Waals surface area contributed by atoms with Crippen molar-refractivity contribution >= 4 is 11.6 Å². The third-order valence-corrected chi connectivity index (χ3v) is 6.35. The van der Waals surface area contributed by atoms with Crippen molar-refractivity contribution in [1.29, 1.82) is 0 Å². The molecule has 2 fully saturated rings. The minimum absolute atomic E-state index is 0.0277. The van der Waals surface area contributed by atoms with Crippen molar-refractivity contribution in [2.24, 2.45) is 5.92 Å². The number of piperidine rings is 1. The van der Waals surface area contributed by atoms with Crippen LogP contribution in [0.4, 0.5) is 18.9 Å². The van der Waals surface area contributed by atoms with Gasteiger partial charge in [-0.1, -0.05) is 24.3 Å². The molecule has 5 nitrogen and oxygen atoms in total. The Morgan fingerprint density at radius 2 is 1.78 bits per heavy atom. The van der Waals surface area contributed by atoms with Crippen molar-refractivity contribution in [3.63, 3.8) is 0 Å². The normalized spacial score (nSPS) is 20.0. The highest BCUT2D eigenvalue weighted by atomic mass is 19.4. The molecular weight excluding hydrogens is 421 g/mol. The molecule has 1 saturated carbocycles. The number of carbonyl (C=O) groups is 1. The van der Waals surface area contributed by atoms with E-state index in [-0.39, 0.29) is 30.2 Å². The third kappa shape index (κ3) is 5.31. The number of aliphatic hydroxyl groups excluding tert-OH is 1. The molecule has 2 aliphatic rings. The van der Waals surface area contributed by atoms with E-state index in [0.29, 0.717) is 30.9 Å². The SMILES string of the molecule is O=C(Nc1ccc(C(O)CN2CCC(O)(c3cccc(C(F)(F)F)c3)CC2)cc1)C1CC1. The summed E-state index contributed by atoms with van der Waals surface area (Å²) < 4.78 is 39.0. The van der Waals surface area contributed by atoms with Gasteiger partial charge in [0, 0.05) is 31.2 Å². The van der Waals surface area contributed by atoms with E-state index in [1.165, 1.54) is 12.1 Å². The van der Waals surface area contributed by atoms with Gasteiger partial charge in [0.1, 0.15) is 0 Å². The quantitative estimate of drug-likeness (QED) is 0.623. The van der Waals surface area contributed by atoms with Gasteiger partial charge in [-0.25, -0.2) is 0 Å². The average Bonchev–Trinajstić information content (AvgIpc) is 3.61. The number of nitrogens with one attached hydrogen (secondary N) is 1. The van der Waals surface area contributed by atoms with E-state index in [0.717, 1.165) is 25.0 Å². The molecule has 172 valence electrons. The zero-order valence-corrected chi connectivity index (χ0v) is 17.6. The Balaban J connectivity index is 1.32. The van der Waals surface area contributed by atoms with Crippen molar-refractivity contribution in [3.05, 3.63) is 65.2 Å². The summed E-state index contributed by atoms with van der Waals surface area (Å²) in [7, 11) is 0. The molecule has 2 aromatic rings. The highest BCUT2D eigenvalue weighted by molar-refractivity contribution is 5.94. The van der Waals surface area contributed by atoms with Gasteiger partial charge in [-0.3, -0.25) is 4.79 Å². The van der Waals surface area contributed by atoms with Gasteiger partial charge in [0.15, 0.2) is 0 Å². The maximum absolute atomic E-state index is 13.0. The van der Waals surface area contributed by atoms with Gasteiger partial charge >= 0.3 is 6.18 Å². The number of anilines is 1. The van der Waals surface area contributed by atoms with Crippen LogP contribution in [0.3, 0.4) is 0 Å². The van der Waals surface area contributed by atoms with Crippen molar-refractivity contribution < 1.29 is 28.2 Å². The summed E-state index contributed by atoms with van der Waals surface area (Å²) in [6.07, 6.45) is -2.76. The third-order valence-electron chi connectivity index (χ3n) is 6.35. The van der Waals surface area contributed by atoms with Crippen molar-refractivity contribution in [1.82, 2.24) is 4.90 Å². The van der Waals surface area contributed by atoms with Crippen LogP contribution in [0, 0.1) is 5.92 Å². The number of benzene rings is 2. The number of alkyl halides is 3. The molecule has 8 heteroatoms. The van der Waals surface area contributed by atoms with Crippen LogP contribution >= 0.6 is 0 Å². The van der Waals surface area contributed by atoms with E-state index < -0.39 is 23.4 Å². The summed E-state index contributed by atoms with van der Waals surface area (Å²) in [6.45, 7) is 1.27. The Labute approximate surface area is 184 Å². The van der Waals surface area contributed by atoms with Crippen LogP contribution in [0.15, 0.2) is 48.5 Å². The number of aliphatic hydroxyl groups is 2. The van der Waals surface area contributed by atoms with Crippen LogP contribution in [-0.2, 0) is 16.6 Å². The Morgan fingerprint density at radius 1 is 1.12 bits per heavy atom. The fourth-order valence-corrected chi connectivity index (χ4v) is 4.11. The van der Waals surface area contributed by atoms with E-state index in [4.69, 9.17) is 0 Å². The molecule has 1 saturated heterocycles. The lowest BCUT2D eigenvalue weighted by Gasteiger charge is -2.39. The summed E-state index contributed by atoms with van der Waals surface area (Å²) in [5, 5.41) is 24.4. The predicted octanol–water partition coefficient (Wildman–Crippen LogP) is 4.07. The average molecular weight is 448 g/mol. The van der Waals surface area contributed by atoms with E-state index in [1.807, 2.05) is 4.90 Å².